The Bertz CT molecular complexity index is 402. The SMILES string of the molecule is NC1(c2c(O)cc(O)cc2O)CCC(O)CC1. The van der Waals surface area contributed by atoms with Gasteiger partial charge in [-0.1, -0.05) is 0 Å². The number of aromatic hydroxyl groups is 3. The summed E-state index contributed by atoms with van der Waals surface area (Å²) in [7, 11) is 0. The molecule has 0 radical (unpaired) electrons. The van der Waals surface area contributed by atoms with Gasteiger partial charge in [0.1, 0.15) is 17.2 Å². The van der Waals surface area contributed by atoms with E-state index in [1.165, 1.54) is 0 Å². The lowest BCUT2D eigenvalue weighted by atomic mass is 9.75. The van der Waals surface area contributed by atoms with Crippen LogP contribution in [0.5, 0.6) is 17.2 Å². The fraction of sp³-hybridized carbons (Fsp3) is 0.500. The molecule has 2 rings (SSSR count). The third kappa shape index (κ3) is 2.16. The summed E-state index contributed by atoms with van der Waals surface area (Å²) in [6.07, 6.45) is 1.68. The van der Waals surface area contributed by atoms with Gasteiger partial charge in [0, 0.05) is 17.7 Å². The van der Waals surface area contributed by atoms with Crippen molar-refractivity contribution in [3.8, 4) is 17.2 Å². The average molecular weight is 239 g/mol. The minimum absolute atomic E-state index is 0.205. The van der Waals surface area contributed by atoms with Gasteiger partial charge in [0.05, 0.1) is 11.7 Å². The molecule has 1 aromatic carbocycles. The Kier molecular flexibility index (Phi) is 2.89. The number of phenols is 3. The second-order valence-electron chi connectivity index (χ2n) is 4.75. The van der Waals surface area contributed by atoms with Gasteiger partial charge in [-0.05, 0) is 25.7 Å². The molecule has 0 aliphatic heterocycles. The van der Waals surface area contributed by atoms with E-state index in [-0.39, 0.29) is 28.9 Å². The van der Waals surface area contributed by atoms with E-state index in [0.29, 0.717) is 25.7 Å². The summed E-state index contributed by atoms with van der Waals surface area (Å²) < 4.78 is 0. The smallest absolute Gasteiger partial charge is 0.128 e. The zero-order valence-electron chi connectivity index (χ0n) is 9.43. The van der Waals surface area contributed by atoms with Crippen molar-refractivity contribution in [1.29, 1.82) is 0 Å². The first-order valence-electron chi connectivity index (χ1n) is 5.65. The summed E-state index contributed by atoms with van der Waals surface area (Å²) in [5.41, 5.74) is 5.59. The third-order valence-electron chi connectivity index (χ3n) is 3.43. The largest absolute Gasteiger partial charge is 0.508 e. The van der Waals surface area contributed by atoms with Crippen molar-refractivity contribution >= 4 is 0 Å². The van der Waals surface area contributed by atoms with E-state index >= 15 is 0 Å². The molecule has 0 saturated heterocycles. The molecule has 1 saturated carbocycles. The number of benzene rings is 1. The minimum Gasteiger partial charge on any atom is -0.508 e. The highest BCUT2D eigenvalue weighted by atomic mass is 16.3. The standard InChI is InChI=1S/C12H17NO4/c13-12(3-1-7(14)2-4-12)11-9(16)5-8(15)6-10(11)17/h5-7,14-17H,1-4,13H2. The van der Waals surface area contributed by atoms with E-state index in [4.69, 9.17) is 5.73 Å². The quantitative estimate of drug-likeness (QED) is 0.500. The van der Waals surface area contributed by atoms with Crippen LogP contribution in [0.1, 0.15) is 31.2 Å². The molecule has 1 aromatic rings. The Morgan fingerprint density at radius 1 is 1.06 bits per heavy atom. The van der Waals surface area contributed by atoms with Gasteiger partial charge in [-0.2, -0.15) is 0 Å². The summed E-state index contributed by atoms with van der Waals surface area (Å²) in [6.45, 7) is 0. The maximum atomic E-state index is 9.79. The van der Waals surface area contributed by atoms with Crippen molar-refractivity contribution in [1.82, 2.24) is 0 Å². The maximum Gasteiger partial charge on any atom is 0.128 e. The number of hydrogen-bond donors (Lipinski definition) is 5. The van der Waals surface area contributed by atoms with E-state index in [0.717, 1.165) is 12.1 Å². The molecular formula is C12H17NO4. The van der Waals surface area contributed by atoms with Crippen LogP contribution in [0.25, 0.3) is 0 Å². The molecule has 0 atom stereocenters. The van der Waals surface area contributed by atoms with Gasteiger partial charge in [-0.25, -0.2) is 0 Å². The lowest BCUT2D eigenvalue weighted by molar-refractivity contribution is 0.0951. The number of hydrogen-bond acceptors (Lipinski definition) is 5. The zero-order chi connectivity index (χ0) is 12.6. The number of aliphatic hydroxyl groups is 1. The van der Waals surface area contributed by atoms with Crippen molar-refractivity contribution < 1.29 is 20.4 Å². The number of aliphatic hydroxyl groups excluding tert-OH is 1. The maximum absolute atomic E-state index is 9.79. The first-order chi connectivity index (χ1) is 7.92. The number of rotatable bonds is 1. The van der Waals surface area contributed by atoms with E-state index in [2.05, 4.69) is 0 Å². The lowest BCUT2D eigenvalue weighted by Crippen LogP contribution is -2.41. The molecule has 94 valence electrons. The Labute approximate surface area is 99.1 Å². The van der Waals surface area contributed by atoms with Crippen LogP contribution in [0.15, 0.2) is 12.1 Å². The van der Waals surface area contributed by atoms with Crippen molar-refractivity contribution in [2.24, 2.45) is 5.73 Å². The predicted molar refractivity (Wildman–Crippen MR) is 61.8 cm³/mol. The molecule has 0 heterocycles. The second-order valence-corrected chi connectivity index (χ2v) is 4.75. The Morgan fingerprint density at radius 2 is 1.53 bits per heavy atom. The molecule has 1 aliphatic rings. The Morgan fingerprint density at radius 3 is 2.00 bits per heavy atom. The highest BCUT2D eigenvalue weighted by Gasteiger charge is 2.37. The number of phenolic OH excluding ortho intramolecular Hbond substituents is 3. The molecule has 17 heavy (non-hydrogen) atoms. The topological polar surface area (TPSA) is 107 Å². The summed E-state index contributed by atoms with van der Waals surface area (Å²) >= 11 is 0. The third-order valence-corrected chi connectivity index (χ3v) is 3.43. The van der Waals surface area contributed by atoms with Crippen LogP contribution < -0.4 is 5.73 Å². The zero-order valence-corrected chi connectivity index (χ0v) is 9.43. The molecular weight excluding hydrogens is 222 g/mol. The van der Waals surface area contributed by atoms with Crippen molar-refractivity contribution in [3.05, 3.63) is 17.7 Å². The van der Waals surface area contributed by atoms with Gasteiger partial charge in [0.2, 0.25) is 0 Å². The van der Waals surface area contributed by atoms with Gasteiger partial charge in [-0.3, -0.25) is 0 Å². The normalized spacial score (nSPS) is 29.2. The van der Waals surface area contributed by atoms with Crippen molar-refractivity contribution in [2.45, 2.75) is 37.3 Å². The van der Waals surface area contributed by atoms with Crippen LogP contribution in [0.4, 0.5) is 0 Å². The Hall–Kier alpha value is -1.46. The molecule has 0 spiro atoms. The van der Waals surface area contributed by atoms with Crippen LogP contribution in [0.2, 0.25) is 0 Å². The Balaban J connectivity index is 2.39. The van der Waals surface area contributed by atoms with Gasteiger partial charge < -0.3 is 26.2 Å². The van der Waals surface area contributed by atoms with Gasteiger partial charge >= 0.3 is 0 Å². The van der Waals surface area contributed by atoms with E-state index < -0.39 is 5.54 Å². The van der Waals surface area contributed by atoms with E-state index in [1.54, 1.807) is 0 Å². The molecule has 5 heteroatoms. The lowest BCUT2D eigenvalue weighted by Gasteiger charge is -2.36. The molecule has 6 N–H and O–H groups in total. The van der Waals surface area contributed by atoms with Crippen LogP contribution >= 0.6 is 0 Å². The fourth-order valence-corrected chi connectivity index (χ4v) is 2.48. The van der Waals surface area contributed by atoms with Gasteiger partial charge in [0.15, 0.2) is 0 Å². The molecule has 5 nitrogen and oxygen atoms in total. The van der Waals surface area contributed by atoms with Crippen LogP contribution in [0.3, 0.4) is 0 Å². The van der Waals surface area contributed by atoms with E-state index in [1.807, 2.05) is 0 Å². The second kappa shape index (κ2) is 4.09. The molecule has 0 bridgehead atoms. The average Bonchev–Trinajstić information content (AvgIpc) is 2.21. The van der Waals surface area contributed by atoms with Gasteiger partial charge in [-0.15, -0.1) is 0 Å². The van der Waals surface area contributed by atoms with Gasteiger partial charge in [0.25, 0.3) is 0 Å². The monoisotopic (exact) mass is 239 g/mol. The summed E-state index contributed by atoms with van der Waals surface area (Å²) in [5.74, 6) is -0.619. The van der Waals surface area contributed by atoms with Crippen LogP contribution in [-0.2, 0) is 5.54 Å². The molecule has 0 amide bonds. The summed E-state index contributed by atoms with van der Waals surface area (Å²) in [4.78, 5) is 0. The fourth-order valence-electron chi connectivity index (χ4n) is 2.48. The highest BCUT2D eigenvalue weighted by molar-refractivity contribution is 5.52. The van der Waals surface area contributed by atoms with Crippen LogP contribution in [-0.4, -0.2) is 26.5 Å². The summed E-state index contributed by atoms with van der Waals surface area (Å²) in [5, 5.41) is 38.3. The molecule has 0 unspecified atom stereocenters. The predicted octanol–water partition coefficient (Wildman–Crippen LogP) is 0.892. The van der Waals surface area contributed by atoms with Crippen molar-refractivity contribution in [2.75, 3.05) is 0 Å². The molecule has 1 fully saturated rings. The first kappa shape index (κ1) is 12.0. The summed E-state index contributed by atoms with van der Waals surface area (Å²) in [6, 6.07) is 2.32. The highest BCUT2D eigenvalue weighted by Crippen LogP contribution is 2.44. The first-order valence-corrected chi connectivity index (χ1v) is 5.65. The number of nitrogens with two attached hydrogens (primary N) is 1. The van der Waals surface area contributed by atoms with Crippen molar-refractivity contribution in [3.63, 3.8) is 0 Å². The molecule has 1 aliphatic carbocycles. The molecule has 0 aromatic heterocycles. The minimum atomic E-state index is -0.846. The van der Waals surface area contributed by atoms with Crippen LogP contribution in [0, 0.1) is 0 Å². The van der Waals surface area contributed by atoms with E-state index in [9.17, 15) is 20.4 Å².